The van der Waals surface area contributed by atoms with Gasteiger partial charge in [-0.3, -0.25) is 0 Å². The van der Waals surface area contributed by atoms with Crippen molar-refractivity contribution in [1.29, 1.82) is 0 Å². The molecule has 0 radical (unpaired) electrons. The molecule has 0 amide bonds. The van der Waals surface area contributed by atoms with E-state index in [0.29, 0.717) is 24.7 Å². The summed E-state index contributed by atoms with van der Waals surface area (Å²) >= 11 is 0. The molecule has 0 aromatic rings. The first-order valence-electron chi connectivity index (χ1n) is 4.56. The van der Waals surface area contributed by atoms with Gasteiger partial charge in [0.05, 0.1) is 14.2 Å². The molecule has 0 bridgehead atoms. The van der Waals surface area contributed by atoms with Crippen molar-refractivity contribution in [3.8, 4) is 0 Å². The standard InChI is InChI=1S/C11H19NO3/c1-5-9(7-12)6-10(14-3)11(15-4)8-13-2/h5-6H,1,7-8,12H2,2-4H3/b9-6+,11-10-. The predicted octanol–water partition coefficient (Wildman–Crippen LogP) is 1.21. The fourth-order valence-electron chi connectivity index (χ4n) is 0.985. The Bertz CT molecular complexity index is 257. The van der Waals surface area contributed by atoms with Crippen LogP contribution in [0.2, 0.25) is 0 Å². The highest BCUT2D eigenvalue weighted by atomic mass is 16.5. The van der Waals surface area contributed by atoms with Gasteiger partial charge in [0.1, 0.15) is 6.61 Å². The van der Waals surface area contributed by atoms with Gasteiger partial charge in [0.25, 0.3) is 0 Å². The van der Waals surface area contributed by atoms with Gasteiger partial charge in [-0.1, -0.05) is 12.7 Å². The second kappa shape index (κ2) is 8.08. The number of nitrogens with two attached hydrogens (primary N) is 1. The molecule has 0 fully saturated rings. The van der Waals surface area contributed by atoms with E-state index in [1.165, 1.54) is 0 Å². The van der Waals surface area contributed by atoms with Gasteiger partial charge in [0, 0.05) is 13.7 Å². The van der Waals surface area contributed by atoms with Crippen LogP contribution in [-0.2, 0) is 14.2 Å². The number of rotatable bonds is 7. The third kappa shape index (κ3) is 4.67. The molecule has 0 saturated heterocycles. The molecule has 0 atom stereocenters. The van der Waals surface area contributed by atoms with Crippen LogP contribution in [0.4, 0.5) is 0 Å². The highest BCUT2D eigenvalue weighted by Crippen LogP contribution is 2.11. The first-order chi connectivity index (χ1) is 7.23. The van der Waals surface area contributed by atoms with Crippen LogP contribution in [0.25, 0.3) is 0 Å². The van der Waals surface area contributed by atoms with Crippen LogP contribution in [-0.4, -0.2) is 34.5 Å². The molecular formula is C11H19NO3. The minimum atomic E-state index is 0.352. The lowest BCUT2D eigenvalue weighted by molar-refractivity contribution is 0.141. The molecule has 4 heteroatoms. The Kier molecular flexibility index (Phi) is 7.40. The zero-order valence-electron chi connectivity index (χ0n) is 9.58. The molecule has 0 aliphatic heterocycles. The quantitative estimate of drug-likeness (QED) is 0.510. The van der Waals surface area contributed by atoms with E-state index >= 15 is 0 Å². The average molecular weight is 213 g/mol. The van der Waals surface area contributed by atoms with Crippen molar-refractivity contribution in [3.63, 3.8) is 0 Å². The summed E-state index contributed by atoms with van der Waals surface area (Å²) in [5.74, 6) is 1.22. The Hall–Kier alpha value is -1.26. The van der Waals surface area contributed by atoms with Gasteiger partial charge in [-0.05, 0) is 11.6 Å². The fraction of sp³-hybridized carbons (Fsp3) is 0.455. The number of hydrogen-bond donors (Lipinski definition) is 1. The lowest BCUT2D eigenvalue weighted by atomic mass is 10.2. The first-order valence-corrected chi connectivity index (χ1v) is 4.56. The summed E-state index contributed by atoms with van der Waals surface area (Å²) in [5, 5.41) is 0. The van der Waals surface area contributed by atoms with Crippen LogP contribution in [0.5, 0.6) is 0 Å². The lowest BCUT2D eigenvalue weighted by Crippen LogP contribution is -2.05. The maximum atomic E-state index is 5.51. The fourth-order valence-corrected chi connectivity index (χ4v) is 0.985. The van der Waals surface area contributed by atoms with E-state index in [2.05, 4.69) is 6.58 Å². The van der Waals surface area contributed by atoms with Crippen LogP contribution in [0.3, 0.4) is 0 Å². The largest absolute Gasteiger partial charge is 0.495 e. The van der Waals surface area contributed by atoms with Crippen LogP contribution in [0.15, 0.2) is 35.8 Å². The van der Waals surface area contributed by atoms with E-state index in [1.54, 1.807) is 33.5 Å². The maximum absolute atomic E-state index is 5.51. The third-order valence-electron chi connectivity index (χ3n) is 1.83. The number of methoxy groups -OCH3 is 3. The van der Waals surface area contributed by atoms with Gasteiger partial charge in [-0.2, -0.15) is 0 Å². The zero-order chi connectivity index (χ0) is 11.7. The van der Waals surface area contributed by atoms with Gasteiger partial charge >= 0.3 is 0 Å². The van der Waals surface area contributed by atoms with E-state index < -0.39 is 0 Å². The maximum Gasteiger partial charge on any atom is 0.163 e. The van der Waals surface area contributed by atoms with Crippen LogP contribution in [0.1, 0.15) is 0 Å². The van der Waals surface area contributed by atoms with E-state index in [4.69, 9.17) is 19.9 Å². The molecule has 2 N–H and O–H groups in total. The predicted molar refractivity (Wildman–Crippen MR) is 60.3 cm³/mol. The summed E-state index contributed by atoms with van der Waals surface area (Å²) < 4.78 is 15.3. The molecule has 86 valence electrons. The number of ether oxygens (including phenoxy) is 3. The van der Waals surface area contributed by atoms with Gasteiger partial charge in [0.2, 0.25) is 0 Å². The molecule has 0 saturated carbocycles. The molecule has 0 unspecified atom stereocenters. The summed E-state index contributed by atoms with van der Waals surface area (Å²) in [4.78, 5) is 0. The normalized spacial score (nSPS) is 13.2. The van der Waals surface area contributed by atoms with Crippen molar-refractivity contribution in [2.75, 3.05) is 34.5 Å². The molecule has 0 aromatic carbocycles. The Morgan fingerprint density at radius 1 is 1.27 bits per heavy atom. The van der Waals surface area contributed by atoms with Crippen molar-refractivity contribution >= 4 is 0 Å². The number of allylic oxidation sites excluding steroid dienone is 1. The van der Waals surface area contributed by atoms with Crippen molar-refractivity contribution in [1.82, 2.24) is 0 Å². The Morgan fingerprint density at radius 2 is 1.93 bits per heavy atom. The molecule has 0 heterocycles. The Labute approximate surface area is 91.0 Å². The molecule has 0 rings (SSSR count). The highest BCUT2D eigenvalue weighted by Gasteiger charge is 2.05. The molecule has 15 heavy (non-hydrogen) atoms. The van der Waals surface area contributed by atoms with E-state index in [0.717, 1.165) is 5.57 Å². The van der Waals surface area contributed by atoms with Gasteiger partial charge < -0.3 is 19.9 Å². The van der Waals surface area contributed by atoms with E-state index in [9.17, 15) is 0 Å². The lowest BCUT2D eigenvalue weighted by Gasteiger charge is -2.10. The smallest absolute Gasteiger partial charge is 0.163 e. The van der Waals surface area contributed by atoms with Gasteiger partial charge in [-0.25, -0.2) is 0 Å². The summed E-state index contributed by atoms with van der Waals surface area (Å²) in [6, 6.07) is 0. The second-order valence-electron chi connectivity index (χ2n) is 2.76. The summed E-state index contributed by atoms with van der Waals surface area (Å²) in [7, 11) is 4.72. The Morgan fingerprint density at radius 3 is 2.27 bits per heavy atom. The summed E-state index contributed by atoms with van der Waals surface area (Å²) in [6.45, 7) is 4.41. The minimum absolute atomic E-state index is 0.352. The van der Waals surface area contributed by atoms with Gasteiger partial charge in [-0.15, -0.1) is 0 Å². The van der Waals surface area contributed by atoms with Crippen molar-refractivity contribution in [3.05, 3.63) is 35.8 Å². The van der Waals surface area contributed by atoms with E-state index in [1.807, 2.05) is 0 Å². The van der Waals surface area contributed by atoms with Gasteiger partial charge in [0.15, 0.2) is 11.5 Å². The summed E-state index contributed by atoms with van der Waals surface area (Å²) in [5.41, 5.74) is 6.38. The summed E-state index contributed by atoms with van der Waals surface area (Å²) in [6.07, 6.45) is 3.46. The molecule has 0 aromatic heterocycles. The Balaban J connectivity index is 4.98. The monoisotopic (exact) mass is 213 g/mol. The molecular weight excluding hydrogens is 194 g/mol. The molecule has 0 spiro atoms. The molecule has 0 aliphatic rings. The third-order valence-corrected chi connectivity index (χ3v) is 1.83. The van der Waals surface area contributed by atoms with Crippen LogP contribution >= 0.6 is 0 Å². The topological polar surface area (TPSA) is 53.7 Å². The number of hydrogen-bond acceptors (Lipinski definition) is 4. The first kappa shape index (κ1) is 13.7. The highest BCUT2D eigenvalue weighted by molar-refractivity contribution is 5.28. The van der Waals surface area contributed by atoms with Crippen molar-refractivity contribution in [2.45, 2.75) is 0 Å². The molecule has 0 aliphatic carbocycles. The SMILES string of the molecule is C=C/C(=C\C(OC)=C(/COC)OC)CN. The molecule has 4 nitrogen and oxygen atoms in total. The minimum Gasteiger partial charge on any atom is -0.495 e. The van der Waals surface area contributed by atoms with Crippen molar-refractivity contribution in [2.24, 2.45) is 5.73 Å². The van der Waals surface area contributed by atoms with Crippen LogP contribution < -0.4 is 5.73 Å². The van der Waals surface area contributed by atoms with Crippen LogP contribution in [0, 0.1) is 0 Å². The average Bonchev–Trinajstić information content (AvgIpc) is 2.28. The zero-order valence-corrected chi connectivity index (χ0v) is 9.58. The second-order valence-corrected chi connectivity index (χ2v) is 2.76. The van der Waals surface area contributed by atoms with E-state index in [-0.39, 0.29) is 0 Å². The van der Waals surface area contributed by atoms with Crippen molar-refractivity contribution < 1.29 is 14.2 Å².